The summed E-state index contributed by atoms with van der Waals surface area (Å²) in [7, 11) is 0. The molecule has 0 aromatic heterocycles. The van der Waals surface area contributed by atoms with Crippen molar-refractivity contribution in [2.24, 2.45) is 11.7 Å². The third-order valence-electron chi connectivity index (χ3n) is 4.09. The molecule has 2 rings (SSSR count). The van der Waals surface area contributed by atoms with E-state index in [1.54, 1.807) is 12.1 Å². The predicted molar refractivity (Wildman–Crippen MR) is 83.1 cm³/mol. The molecule has 0 heterocycles. The van der Waals surface area contributed by atoms with Gasteiger partial charge in [-0.15, -0.1) is 0 Å². The van der Waals surface area contributed by atoms with Gasteiger partial charge in [-0.2, -0.15) is 0 Å². The number of nitrogens with two attached hydrogens (primary N) is 1. The second-order valence-electron chi connectivity index (χ2n) is 5.55. The fourth-order valence-electron chi connectivity index (χ4n) is 2.83. The lowest BCUT2D eigenvalue weighted by atomic mass is 9.85. The van der Waals surface area contributed by atoms with E-state index in [4.69, 9.17) is 22.7 Å². The van der Waals surface area contributed by atoms with E-state index >= 15 is 0 Å². The van der Waals surface area contributed by atoms with Crippen molar-refractivity contribution in [3.05, 3.63) is 35.1 Å². The first-order chi connectivity index (χ1) is 9.60. The van der Waals surface area contributed by atoms with Crippen LogP contribution in [0.1, 0.15) is 50.2 Å². The van der Waals surface area contributed by atoms with Crippen LogP contribution >= 0.6 is 12.2 Å². The lowest BCUT2D eigenvalue weighted by Crippen LogP contribution is -2.22. The van der Waals surface area contributed by atoms with E-state index in [1.807, 2.05) is 0 Å². The van der Waals surface area contributed by atoms with E-state index in [0.29, 0.717) is 18.3 Å². The second-order valence-corrected chi connectivity index (χ2v) is 5.99. The number of halogens is 1. The Labute approximate surface area is 125 Å². The Hall–Kier alpha value is -1.00. The van der Waals surface area contributed by atoms with Crippen molar-refractivity contribution in [2.45, 2.75) is 51.7 Å². The van der Waals surface area contributed by atoms with Gasteiger partial charge in [-0.05, 0) is 36.5 Å². The predicted octanol–water partition coefficient (Wildman–Crippen LogP) is 3.95. The van der Waals surface area contributed by atoms with Crippen LogP contribution in [0.4, 0.5) is 4.39 Å². The third kappa shape index (κ3) is 4.00. The normalized spacial score (nSPS) is 22.7. The molecule has 1 fully saturated rings. The zero-order chi connectivity index (χ0) is 14.5. The molecule has 1 saturated carbocycles. The summed E-state index contributed by atoms with van der Waals surface area (Å²) >= 11 is 4.85. The highest BCUT2D eigenvalue weighted by Gasteiger charge is 2.21. The highest BCUT2D eigenvalue weighted by molar-refractivity contribution is 7.80. The first-order valence-electron chi connectivity index (χ1n) is 7.30. The maximum Gasteiger partial charge on any atom is 0.133 e. The van der Waals surface area contributed by atoms with E-state index < -0.39 is 0 Å². The number of ether oxygens (including phenoxy) is 1. The Balaban J connectivity index is 1.93. The van der Waals surface area contributed by atoms with Crippen LogP contribution in [0.25, 0.3) is 0 Å². The van der Waals surface area contributed by atoms with E-state index in [2.05, 4.69) is 6.92 Å². The Morgan fingerprint density at radius 1 is 1.45 bits per heavy atom. The Bertz CT molecular complexity index is 478. The minimum Gasteiger partial charge on any atom is -0.389 e. The van der Waals surface area contributed by atoms with Gasteiger partial charge in [0, 0.05) is 5.56 Å². The van der Waals surface area contributed by atoms with E-state index in [-0.39, 0.29) is 10.8 Å². The van der Waals surface area contributed by atoms with Crippen molar-refractivity contribution in [2.75, 3.05) is 0 Å². The molecule has 0 amide bonds. The van der Waals surface area contributed by atoms with Crippen molar-refractivity contribution in [1.82, 2.24) is 0 Å². The number of rotatable bonds is 5. The van der Waals surface area contributed by atoms with Crippen LogP contribution in [0.15, 0.2) is 18.2 Å². The highest BCUT2D eigenvalue weighted by atomic mass is 32.1. The molecule has 2 nitrogen and oxygen atoms in total. The quantitative estimate of drug-likeness (QED) is 0.836. The Morgan fingerprint density at radius 2 is 2.25 bits per heavy atom. The molecule has 0 aliphatic heterocycles. The summed E-state index contributed by atoms with van der Waals surface area (Å²) in [6.45, 7) is 2.73. The lowest BCUT2D eigenvalue weighted by molar-refractivity contribution is 0.00175. The topological polar surface area (TPSA) is 35.2 Å². The molecule has 1 aromatic rings. The van der Waals surface area contributed by atoms with E-state index in [9.17, 15) is 4.39 Å². The fraction of sp³-hybridized carbons (Fsp3) is 0.562. The molecule has 0 spiro atoms. The largest absolute Gasteiger partial charge is 0.389 e. The summed E-state index contributed by atoms with van der Waals surface area (Å²) in [5, 5.41) is 0. The van der Waals surface area contributed by atoms with Gasteiger partial charge in [0.1, 0.15) is 10.8 Å². The molecule has 0 radical (unpaired) electrons. The van der Waals surface area contributed by atoms with Gasteiger partial charge in [0.2, 0.25) is 0 Å². The van der Waals surface area contributed by atoms with Crippen LogP contribution in [0.3, 0.4) is 0 Å². The Morgan fingerprint density at radius 3 is 2.95 bits per heavy atom. The molecule has 2 atom stereocenters. The van der Waals surface area contributed by atoms with Crippen LogP contribution in [0.2, 0.25) is 0 Å². The lowest BCUT2D eigenvalue weighted by Gasteiger charge is -2.28. The van der Waals surface area contributed by atoms with Gasteiger partial charge in [0.05, 0.1) is 12.7 Å². The van der Waals surface area contributed by atoms with E-state index in [1.165, 1.54) is 25.3 Å². The summed E-state index contributed by atoms with van der Waals surface area (Å²) in [5.41, 5.74) is 6.74. The summed E-state index contributed by atoms with van der Waals surface area (Å²) in [6, 6.07) is 4.83. The van der Waals surface area contributed by atoms with Gasteiger partial charge in [0.25, 0.3) is 0 Å². The third-order valence-corrected chi connectivity index (χ3v) is 4.31. The fourth-order valence-corrected chi connectivity index (χ4v) is 2.99. The molecule has 1 aliphatic carbocycles. The average molecular weight is 295 g/mol. The van der Waals surface area contributed by atoms with Gasteiger partial charge >= 0.3 is 0 Å². The summed E-state index contributed by atoms with van der Waals surface area (Å²) in [6.07, 6.45) is 6.37. The molecule has 1 aromatic carbocycles. The molecule has 0 saturated heterocycles. The maximum absolute atomic E-state index is 13.5. The molecular formula is C16H22FNOS. The van der Waals surface area contributed by atoms with Crippen molar-refractivity contribution >= 4 is 17.2 Å². The minimum absolute atomic E-state index is 0.0908. The number of hydrogen-bond donors (Lipinski definition) is 1. The average Bonchev–Trinajstić information content (AvgIpc) is 2.46. The molecular weight excluding hydrogens is 273 g/mol. The highest BCUT2D eigenvalue weighted by Crippen LogP contribution is 2.29. The molecule has 1 aliphatic rings. The molecule has 2 N–H and O–H groups in total. The van der Waals surface area contributed by atoms with Crippen molar-refractivity contribution in [3.63, 3.8) is 0 Å². The van der Waals surface area contributed by atoms with Crippen molar-refractivity contribution in [1.29, 1.82) is 0 Å². The summed E-state index contributed by atoms with van der Waals surface area (Å²) < 4.78 is 19.5. The van der Waals surface area contributed by atoms with Crippen molar-refractivity contribution < 1.29 is 9.13 Å². The second kappa shape index (κ2) is 7.14. The monoisotopic (exact) mass is 295 g/mol. The van der Waals surface area contributed by atoms with Gasteiger partial charge in [-0.25, -0.2) is 4.39 Å². The molecule has 20 heavy (non-hydrogen) atoms. The zero-order valence-corrected chi connectivity index (χ0v) is 12.7. The van der Waals surface area contributed by atoms with Crippen LogP contribution < -0.4 is 5.73 Å². The number of thiocarbonyl (C=S) groups is 1. The molecule has 4 heteroatoms. The van der Waals surface area contributed by atoms with Crippen molar-refractivity contribution in [3.8, 4) is 0 Å². The van der Waals surface area contributed by atoms with Gasteiger partial charge in [-0.3, -0.25) is 0 Å². The van der Waals surface area contributed by atoms with Crippen LogP contribution in [-0.2, 0) is 11.3 Å². The van der Waals surface area contributed by atoms with Crippen LogP contribution in [0.5, 0.6) is 0 Å². The summed E-state index contributed by atoms with van der Waals surface area (Å²) in [4.78, 5) is 0.0908. The first kappa shape index (κ1) is 15.4. The smallest absolute Gasteiger partial charge is 0.133 e. The number of benzene rings is 1. The SMILES string of the molecule is CCC1CCCC(OCc2ccc(F)c(C(N)=S)c2)C1. The minimum atomic E-state index is -0.370. The maximum atomic E-state index is 13.5. The van der Waals surface area contributed by atoms with Gasteiger partial charge < -0.3 is 10.5 Å². The molecule has 0 bridgehead atoms. The standard InChI is InChI=1S/C16H22FNOS/c1-2-11-4-3-5-13(8-11)19-10-12-6-7-15(17)14(9-12)16(18)20/h6-7,9,11,13H,2-5,8,10H2,1H3,(H2,18,20). The molecule has 110 valence electrons. The van der Waals surface area contributed by atoms with E-state index in [0.717, 1.165) is 24.3 Å². The van der Waals surface area contributed by atoms with Gasteiger partial charge in [0.15, 0.2) is 0 Å². The molecule has 2 unspecified atom stereocenters. The summed E-state index contributed by atoms with van der Waals surface area (Å²) in [5.74, 6) is 0.416. The zero-order valence-electron chi connectivity index (χ0n) is 11.9. The van der Waals surface area contributed by atoms with Crippen LogP contribution in [0, 0.1) is 11.7 Å². The van der Waals surface area contributed by atoms with Gasteiger partial charge in [-0.1, -0.05) is 44.5 Å². The Kier molecular flexibility index (Phi) is 5.49. The van der Waals surface area contributed by atoms with Crippen LogP contribution in [-0.4, -0.2) is 11.1 Å². The first-order valence-corrected chi connectivity index (χ1v) is 7.70. The number of hydrogen-bond acceptors (Lipinski definition) is 2.